The highest BCUT2D eigenvalue weighted by Crippen LogP contribution is 2.23. The largest absolute Gasteiger partial charge is 0.356 e. The van der Waals surface area contributed by atoms with E-state index in [1.165, 1.54) is 0 Å². The second-order valence-electron chi connectivity index (χ2n) is 3.21. The van der Waals surface area contributed by atoms with Crippen molar-refractivity contribution >= 4 is 0 Å². The van der Waals surface area contributed by atoms with Gasteiger partial charge in [0.15, 0.2) is 17.7 Å². The van der Waals surface area contributed by atoms with Crippen molar-refractivity contribution < 1.29 is 14.3 Å². The third-order valence-corrected chi connectivity index (χ3v) is 2.13. The number of ether oxygens (including phenoxy) is 2. The van der Waals surface area contributed by atoms with Crippen molar-refractivity contribution in [3.05, 3.63) is 40.8 Å². The van der Waals surface area contributed by atoms with Crippen LogP contribution >= 0.6 is 0 Å². The minimum Gasteiger partial charge on any atom is -0.356 e. The van der Waals surface area contributed by atoms with Crippen LogP contribution in [0.1, 0.15) is 11.9 Å². The molecule has 1 aliphatic heterocycles. The Kier molecular flexibility index (Phi) is 3.26. The van der Waals surface area contributed by atoms with E-state index < -0.39 is 6.10 Å². The first-order valence-electron chi connectivity index (χ1n) is 4.67. The lowest BCUT2D eigenvalue weighted by Gasteiger charge is -2.27. The van der Waals surface area contributed by atoms with Crippen molar-refractivity contribution in [3.63, 3.8) is 0 Å². The Morgan fingerprint density at radius 3 is 2.47 bits per heavy atom. The summed E-state index contributed by atoms with van der Waals surface area (Å²) in [5, 5.41) is 2.35. The van der Waals surface area contributed by atoms with Crippen molar-refractivity contribution in [2.45, 2.75) is 12.4 Å². The molecule has 0 spiro atoms. The third-order valence-electron chi connectivity index (χ3n) is 2.13. The van der Waals surface area contributed by atoms with Gasteiger partial charge in [-0.15, -0.1) is 4.91 Å². The number of hydrogen-bond acceptors (Lipinski definition) is 5. The normalized spacial score (nSPS) is 25.9. The summed E-state index contributed by atoms with van der Waals surface area (Å²) in [4.78, 5) is 14.3. The van der Waals surface area contributed by atoms with Gasteiger partial charge in [-0.05, 0) is 0 Å². The molecule has 2 rings (SSSR count). The van der Waals surface area contributed by atoms with Gasteiger partial charge in [-0.1, -0.05) is 30.3 Å². The predicted molar refractivity (Wildman–Crippen MR) is 51.8 cm³/mol. The van der Waals surface area contributed by atoms with Crippen LogP contribution in [0.2, 0.25) is 0 Å². The fraction of sp³-hybridized carbons (Fsp3) is 0.400. The molecule has 80 valence electrons. The van der Waals surface area contributed by atoms with E-state index in [2.05, 4.69) is 10.2 Å². The summed E-state index contributed by atoms with van der Waals surface area (Å²) in [6.45, 7) is 0.622. The molecule has 1 fully saturated rings. The molecule has 0 aromatic heterocycles. The van der Waals surface area contributed by atoms with Crippen LogP contribution in [-0.2, 0) is 14.3 Å². The van der Waals surface area contributed by atoms with Gasteiger partial charge in [-0.2, -0.15) is 0 Å². The van der Waals surface area contributed by atoms with Crippen LogP contribution in [0.5, 0.6) is 0 Å². The molecule has 0 N–H and O–H groups in total. The minimum absolute atomic E-state index is 0.311. The lowest BCUT2D eigenvalue weighted by atomic mass is 10.2. The molecule has 1 aromatic rings. The van der Waals surface area contributed by atoms with Gasteiger partial charge in [-0.25, -0.2) is 0 Å². The second-order valence-corrected chi connectivity index (χ2v) is 3.21. The fourth-order valence-electron chi connectivity index (χ4n) is 1.41. The monoisotopic (exact) mass is 209 g/mol. The highest BCUT2D eigenvalue weighted by Gasteiger charge is 2.24. The van der Waals surface area contributed by atoms with E-state index in [1.807, 2.05) is 30.3 Å². The molecular weight excluding hydrogens is 198 g/mol. The zero-order valence-corrected chi connectivity index (χ0v) is 8.04. The second kappa shape index (κ2) is 4.86. The predicted octanol–water partition coefficient (Wildman–Crippen LogP) is 1.80. The number of rotatable bonds is 3. The smallest absolute Gasteiger partial charge is 0.184 e. The van der Waals surface area contributed by atoms with Gasteiger partial charge in [0.25, 0.3) is 0 Å². The average molecular weight is 209 g/mol. The third kappa shape index (κ3) is 2.51. The molecule has 15 heavy (non-hydrogen) atoms. The van der Waals surface area contributed by atoms with E-state index in [0.29, 0.717) is 13.2 Å². The zero-order valence-electron chi connectivity index (χ0n) is 8.04. The van der Waals surface area contributed by atoms with Crippen molar-refractivity contribution in [2.24, 2.45) is 5.34 Å². The van der Waals surface area contributed by atoms with Crippen molar-refractivity contribution in [3.8, 4) is 0 Å². The molecule has 0 atom stereocenters. The lowest BCUT2D eigenvalue weighted by Crippen LogP contribution is -2.32. The molecule has 0 amide bonds. The van der Waals surface area contributed by atoms with Crippen LogP contribution in [0.4, 0.5) is 0 Å². The highest BCUT2D eigenvalue weighted by atomic mass is 16.8. The molecule has 0 bridgehead atoms. The summed E-state index contributed by atoms with van der Waals surface area (Å²) in [5.74, 6) is 0. The summed E-state index contributed by atoms with van der Waals surface area (Å²) in [6.07, 6.45) is -0.778. The topological polar surface area (TPSA) is 57.1 Å². The van der Waals surface area contributed by atoms with E-state index in [1.54, 1.807) is 0 Å². The van der Waals surface area contributed by atoms with Crippen LogP contribution in [-0.4, -0.2) is 19.3 Å². The van der Waals surface area contributed by atoms with E-state index in [-0.39, 0.29) is 6.29 Å². The molecule has 0 aliphatic carbocycles. The number of benzene rings is 1. The van der Waals surface area contributed by atoms with Gasteiger partial charge in [0.2, 0.25) is 0 Å². The molecule has 0 saturated carbocycles. The summed E-state index contributed by atoms with van der Waals surface area (Å²) in [5.41, 5.74) is 0.954. The van der Waals surface area contributed by atoms with E-state index >= 15 is 0 Å². The summed E-state index contributed by atoms with van der Waals surface area (Å²) < 4.78 is 10.8. The maximum absolute atomic E-state index is 9.84. The SMILES string of the molecule is O=NOC1COC(c2ccccc2)OC1. The van der Waals surface area contributed by atoms with Crippen LogP contribution in [0.15, 0.2) is 35.7 Å². The minimum atomic E-state index is -0.400. The molecule has 5 nitrogen and oxygen atoms in total. The molecule has 1 saturated heterocycles. The fourth-order valence-corrected chi connectivity index (χ4v) is 1.41. The maximum atomic E-state index is 9.84. The van der Waals surface area contributed by atoms with Crippen molar-refractivity contribution in [1.82, 2.24) is 0 Å². The summed E-state index contributed by atoms with van der Waals surface area (Å²) in [7, 11) is 0. The van der Waals surface area contributed by atoms with E-state index in [9.17, 15) is 4.91 Å². The molecule has 1 aliphatic rings. The van der Waals surface area contributed by atoms with Gasteiger partial charge < -0.3 is 14.3 Å². The Morgan fingerprint density at radius 2 is 1.87 bits per heavy atom. The van der Waals surface area contributed by atoms with Gasteiger partial charge in [-0.3, -0.25) is 0 Å². The Morgan fingerprint density at radius 1 is 1.20 bits per heavy atom. The van der Waals surface area contributed by atoms with Crippen molar-refractivity contribution in [2.75, 3.05) is 13.2 Å². The molecule has 5 heteroatoms. The molecule has 0 radical (unpaired) electrons. The first-order chi connectivity index (χ1) is 7.40. The molecular formula is C10H11NO4. The standard InChI is InChI=1S/C10H11NO4/c12-11-15-9-6-13-10(14-7-9)8-4-2-1-3-5-8/h1-5,9-10H,6-7H2. The summed E-state index contributed by atoms with van der Waals surface area (Å²) in [6, 6.07) is 9.59. The Labute approximate surface area is 86.9 Å². The Bertz CT molecular complexity index is 308. The van der Waals surface area contributed by atoms with Crippen LogP contribution in [0.25, 0.3) is 0 Å². The average Bonchev–Trinajstić information content (AvgIpc) is 2.32. The molecule has 1 heterocycles. The van der Waals surface area contributed by atoms with Gasteiger partial charge >= 0.3 is 0 Å². The van der Waals surface area contributed by atoms with Gasteiger partial charge in [0.1, 0.15) is 0 Å². The summed E-state index contributed by atoms with van der Waals surface area (Å²) >= 11 is 0. The Balaban J connectivity index is 1.91. The number of hydrogen-bond donors (Lipinski definition) is 0. The van der Waals surface area contributed by atoms with Crippen LogP contribution < -0.4 is 0 Å². The number of nitrogens with zero attached hydrogens (tertiary/aromatic N) is 1. The van der Waals surface area contributed by atoms with Crippen LogP contribution in [0, 0.1) is 4.91 Å². The first-order valence-corrected chi connectivity index (χ1v) is 4.67. The maximum Gasteiger partial charge on any atom is 0.184 e. The Hall–Kier alpha value is -1.46. The van der Waals surface area contributed by atoms with E-state index in [0.717, 1.165) is 5.56 Å². The first kappa shape index (κ1) is 10.1. The lowest BCUT2D eigenvalue weighted by molar-refractivity contribution is -0.231. The van der Waals surface area contributed by atoms with Crippen LogP contribution in [0.3, 0.4) is 0 Å². The quantitative estimate of drug-likeness (QED) is 0.562. The van der Waals surface area contributed by atoms with E-state index in [4.69, 9.17) is 9.47 Å². The molecule has 0 unspecified atom stereocenters. The van der Waals surface area contributed by atoms with Gasteiger partial charge in [0, 0.05) is 5.56 Å². The van der Waals surface area contributed by atoms with Crippen molar-refractivity contribution in [1.29, 1.82) is 0 Å². The molecule has 1 aromatic carbocycles. The highest BCUT2D eigenvalue weighted by molar-refractivity contribution is 5.16. The zero-order chi connectivity index (χ0) is 10.5. The van der Waals surface area contributed by atoms with Gasteiger partial charge in [0.05, 0.1) is 13.2 Å².